The molecule has 0 unspecified atom stereocenters. The summed E-state index contributed by atoms with van der Waals surface area (Å²) in [5, 5.41) is 2.87. The lowest BCUT2D eigenvalue weighted by atomic mass is 10.2. The highest BCUT2D eigenvalue weighted by Gasteiger charge is 2.38. The summed E-state index contributed by atoms with van der Waals surface area (Å²) >= 11 is 6.56. The predicted octanol–water partition coefficient (Wildman–Crippen LogP) is 2.68. The van der Waals surface area contributed by atoms with E-state index in [-0.39, 0.29) is 11.8 Å². The number of hydrogen-bond acceptors (Lipinski definition) is 5. The number of nitrogens with zero attached hydrogens (tertiary/aromatic N) is 3. The summed E-state index contributed by atoms with van der Waals surface area (Å²) in [5.41, 5.74) is 0.926. The van der Waals surface area contributed by atoms with Gasteiger partial charge in [0, 0.05) is 25.5 Å². The highest BCUT2D eigenvalue weighted by Crippen LogP contribution is 2.33. The third-order valence-corrected chi connectivity index (χ3v) is 5.47. The number of amides is 2. The first kappa shape index (κ1) is 19.3. The van der Waals surface area contributed by atoms with Crippen molar-refractivity contribution in [3.8, 4) is 0 Å². The fraction of sp³-hybridized carbons (Fsp3) is 0.263. The van der Waals surface area contributed by atoms with Crippen LogP contribution >= 0.6 is 24.0 Å². The Kier molecular flexibility index (Phi) is 6.41. The van der Waals surface area contributed by atoms with Crippen LogP contribution in [0.4, 0.5) is 0 Å². The number of thiocarbonyl (C=S) groups is 1. The molecule has 1 aliphatic heterocycles. The molecule has 0 aliphatic carbocycles. The molecule has 3 rings (SSSR count). The van der Waals surface area contributed by atoms with Crippen molar-refractivity contribution in [2.45, 2.75) is 25.9 Å². The number of aromatic nitrogens is 2. The van der Waals surface area contributed by atoms with E-state index in [1.54, 1.807) is 25.5 Å². The van der Waals surface area contributed by atoms with Crippen LogP contribution in [0.2, 0.25) is 0 Å². The predicted molar refractivity (Wildman–Crippen MR) is 111 cm³/mol. The second-order valence-corrected chi connectivity index (χ2v) is 7.76. The quantitative estimate of drug-likeness (QED) is 0.440. The first-order chi connectivity index (χ1) is 13.1. The average Bonchev–Trinajstić information content (AvgIpc) is 3.27. The van der Waals surface area contributed by atoms with Crippen molar-refractivity contribution in [2.24, 2.45) is 0 Å². The molecule has 1 aliphatic rings. The van der Waals surface area contributed by atoms with E-state index in [0.29, 0.717) is 15.8 Å². The van der Waals surface area contributed by atoms with Crippen LogP contribution in [0.5, 0.6) is 0 Å². The average molecular weight is 401 g/mol. The third-order valence-electron chi connectivity index (χ3n) is 4.14. The molecule has 6 nitrogen and oxygen atoms in total. The van der Waals surface area contributed by atoms with Gasteiger partial charge in [0.1, 0.15) is 10.4 Å². The van der Waals surface area contributed by atoms with Gasteiger partial charge in [0.2, 0.25) is 5.91 Å². The number of nitrogens with one attached hydrogen (secondary N) is 1. The first-order valence-corrected chi connectivity index (χ1v) is 9.84. The molecule has 0 radical (unpaired) electrons. The maximum Gasteiger partial charge on any atom is 0.266 e. The largest absolute Gasteiger partial charge is 0.354 e. The van der Waals surface area contributed by atoms with Crippen molar-refractivity contribution < 1.29 is 9.59 Å². The molecule has 2 heterocycles. The Morgan fingerprint density at radius 2 is 2.15 bits per heavy atom. The van der Waals surface area contributed by atoms with Gasteiger partial charge in [0.15, 0.2) is 0 Å². The number of carbonyl (C=O) groups excluding carboxylic acids is 2. The number of aryl methyl sites for hydroxylation is 1. The SMILES string of the molecule is C[C@H](C(=O)NCCCn1ccnc1)N1C(=O)/C(=C/c2ccccc2)SC1=S. The normalized spacial score (nSPS) is 16.8. The summed E-state index contributed by atoms with van der Waals surface area (Å²) in [5.74, 6) is -0.437. The van der Waals surface area contributed by atoms with Gasteiger partial charge in [0.25, 0.3) is 5.91 Å². The minimum Gasteiger partial charge on any atom is -0.354 e. The van der Waals surface area contributed by atoms with Crippen LogP contribution in [0.3, 0.4) is 0 Å². The molecular formula is C19H20N4O2S2. The summed E-state index contributed by atoms with van der Waals surface area (Å²) in [6.07, 6.45) is 7.92. The molecule has 140 valence electrons. The molecule has 0 saturated carbocycles. The van der Waals surface area contributed by atoms with E-state index >= 15 is 0 Å². The maximum atomic E-state index is 12.7. The molecule has 0 bridgehead atoms. The standard InChI is InChI=1S/C19H20N4O2S2/c1-14(17(24)21-8-5-10-22-11-9-20-13-22)23-18(25)16(27-19(23)26)12-15-6-3-2-4-7-15/h2-4,6-7,9,11-14H,5,8,10H2,1H3,(H,21,24)/b16-12-/t14-/m1/s1. The number of thioether (sulfide) groups is 1. The minimum atomic E-state index is -0.646. The summed E-state index contributed by atoms with van der Waals surface area (Å²) in [7, 11) is 0. The zero-order valence-corrected chi connectivity index (χ0v) is 16.5. The number of rotatable bonds is 7. The van der Waals surface area contributed by atoms with Gasteiger partial charge in [0.05, 0.1) is 11.2 Å². The Labute approximate surface area is 167 Å². The lowest BCUT2D eigenvalue weighted by Gasteiger charge is -2.22. The molecule has 2 amide bonds. The summed E-state index contributed by atoms with van der Waals surface area (Å²) < 4.78 is 2.36. The fourth-order valence-corrected chi connectivity index (χ4v) is 4.09. The Morgan fingerprint density at radius 3 is 2.85 bits per heavy atom. The first-order valence-electron chi connectivity index (χ1n) is 8.62. The monoisotopic (exact) mass is 400 g/mol. The molecular weight excluding hydrogens is 380 g/mol. The van der Waals surface area contributed by atoms with Crippen LogP contribution in [0.15, 0.2) is 54.0 Å². The van der Waals surface area contributed by atoms with Crippen LogP contribution in [0.25, 0.3) is 6.08 Å². The number of benzene rings is 1. The van der Waals surface area contributed by atoms with Crippen molar-refractivity contribution >= 4 is 46.2 Å². The van der Waals surface area contributed by atoms with E-state index in [4.69, 9.17) is 12.2 Å². The van der Waals surface area contributed by atoms with Gasteiger partial charge in [-0.2, -0.15) is 0 Å². The number of hydrogen-bond donors (Lipinski definition) is 1. The van der Waals surface area contributed by atoms with Gasteiger partial charge in [-0.25, -0.2) is 4.98 Å². The van der Waals surface area contributed by atoms with Crippen LogP contribution < -0.4 is 5.32 Å². The van der Waals surface area contributed by atoms with Crippen LogP contribution in [0, 0.1) is 0 Å². The smallest absolute Gasteiger partial charge is 0.266 e. The molecule has 1 fully saturated rings. The minimum absolute atomic E-state index is 0.210. The van der Waals surface area contributed by atoms with Gasteiger partial charge < -0.3 is 9.88 Å². The van der Waals surface area contributed by atoms with Gasteiger partial charge in [-0.15, -0.1) is 0 Å². The van der Waals surface area contributed by atoms with Gasteiger partial charge in [-0.1, -0.05) is 54.3 Å². The molecule has 2 aromatic rings. The van der Waals surface area contributed by atoms with E-state index in [0.717, 1.165) is 18.5 Å². The second-order valence-electron chi connectivity index (χ2n) is 6.08. The summed E-state index contributed by atoms with van der Waals surface area (Å²) in [4.78, 5) is 31.0. The Bertz CT molecular complexity index is 850. The maximum absolute atomic E-state index is 12.7. The molecule has 1 saturated heterocycles. The zero-order chi connectivity index (χ0) is 19.2. The molecule has 0 spiro atoms. The van der Waals surface area contributed by atoms with E-state index < -0.39 is 6.04 Å². The van der Waals surface area contributed by atoms with Crippen molar-refractivity contribution in [3.05, 3.63) is 59.5 Å². The second kappa shape index (κ2) is 8.96. The van der Waals surface area contributed by atoms with E-state index in [1.807, 2.05) is 41.1 Å². The lowest BCUT2D eigenvalue weighted by molar-refractivity contribution is -0.132. The molecule has 1 aromatic carbocycles. The van der Waals surface area contributed by atoms with E-state index in [1.165, 1.54) is 16.7 Å². The Balaban J connectivity index is 1.56. The zero-order valence-electron chi connectivity index (χ0n) is 14.9. The summed E-state index contributed by atoms with van der Waals surface area (Å²) in [6, 6.07) is 8.93. The number of imidazole rings is 1. The highest BCUT2D eigenvalue weighted by atomic mass is 32.2. The van der Waals surface area contributed by atoms with Crippen molar-refractivity contribution in [2.75, 3.05) is 6.54 Å². The topological polar surface area (TPSA) is 67.2 Å². The van der Waals surface area contributed by atoms with Crippen molar-refractivity contribution in [3.63, 3.8) is 0 Å². The van der Waals surface area contributed by atoms with Crippen molar-refractivity contribution in [1.82, 2.24) is 19.8 Å². The van der Waals surface area contributed by atoms with Crippen molar-refractivity contribution in [1.29, 1.82) is 0 Å². The molecule has 1 aromatic heterocycles. The van der Waals surface area contributed by atoms with Crippen LogP contribution in [0.1, 0.15) is 18.9 Å². The third kappa shape index (κ3) is 4.84. The molecule has 1 N–H and O–H groups in total. The van der Waals surface area contributed by atoms with Gasteiger partial charge >= 0.3 is 0 Å². The van der Waals surface area contributed by atoms with Crippen LogP contribution in [-0.2, 0) is 16.1 Å². The van der Waals surface area contributed by atoms with E-state index in [9.17, 15) is 9.59 Å². The Morgan fingerprint density at radius 1 is 1.37 bits per heavy atom. The molecule has 27 heavy (non-hydrogen) atoms. The number of carbonyl (C=O) groups is 2. The summed E-state index contributed by atoms with van der Waals surface area (Å²) in [6.45, 7) is 2.99. The van der Waals surface area contributed by atoms with Crippen LogP contribution in [-0.4, -0.2) is 43.2 Å². The fourth-order valence-electron chi connectivity index (χ4n) is 2.67. The van der Waals surface area contributed by atoms with E-state index in [2.05, 4.69) is 10.3 Å². The Hall–Kier alpha value is -2.45. The highest BCUT2D eigenvalue weighted by molar-refractivity contribution is 8.26. The van der Waals surface area contributed by atoms with Gasteiger partial charge in [-0.3, -0.25) is 14.5 Å². The molecule has 1 atom stereocenters. The molecule has 8 heteroatoms. The lowest BCUT2D eigenvalue weighted by Crippen LogP contribution is -2.47. The van der Waals surface area contributed by atoms with Gasteiger partial charge in [-0.05, 0) is 25.0 Å².